The smallest absolute Gasteiger partial charge is 0.338 e. The van der Waals surface area contributed by atoms with E-state index in [2.05, 4.69) is 11.9 Å². The number of urea groups is 1. The standard InChI is InChI=1S/C5H7N3O2/c1-3-2-4(3)8(7-10)5(6)9/h4H,1-2H2,(H2,6,9)/i2D2,4D. The molecule has 0 aromatic heterocycles. The fraction of sp³-hybridized carbons (Fsp3) is 0.400. The fourth-order valence-corrected chi connectivity index (χ4v) is 0.484. The van der Waals surface area contributed by atoms with Crippen molar-refractivity contribution in [1.29, 1.82) is 0 Å². The van der Waals surface area contributed by atoms with Crippen LogP contribution in [-0.2, 0) is 0 Å². The molecule has 2 N–H and O–H groups in total. The van der Waals surface area contributed by atoms with Crippen molar-refractivity contribution in [3.05, 3.63) is 17.1 Å². The lowest BCUT2D eigenvalue weighted by atomic mass is 10.6. The van der Waals surface area contributed by atoms with Crippen molar-refractivity contribution in [2.75, 3.05) is 0 Å². The third kappa shape index (κ3) is 0.975. The zero-order valence-corrected chi connectivity index (χ0v) is 5.00. The number of carbonyl (C=O) groups is 1. The highest BCUT2D eigenvalue weighted by Gasteiger charge is 2.37. The Kier molecular flexibility index (Phi) is 0.774. The normalized spacial score (nSPS) is 38.8. The monoisotopic (exact) mass is 144 g/mol. The van der Waals surface area contributed by atoms with Gasteiger partial charge in [-0.05, 0) is 11.9 Å². The van der Waals surface area contributed by atoms with Crippen LogP contribution >= 0.6 is 0 Å². The van der Waals surface area contributed by atoms with Crippen molar-refractivity contribution in [1.82, 2.24) is 5.01 Å². The lowest BCUT2D eigenvalue weighted by Crippen LogP contribution is -2.32. The van der Waals surface area contributed by atoms with Crippen molar-refractivity contribution in [2.45, 2.75) is 12.4 Å². The molecule has 0 aromatic rings. The number of nitrogens with two attached hydrogens (primary N) is 1. The average Bonchev–Trinajstić information content (AvgIpc) is 2.36. The summed E-state index contributed by atoms with van der Waals surface area (Å²) >= 11 is 0. The molecule has 0 aliphatic heterocycles. The van der Waals surface area contributed by atoms with Gasteiger partial charge in [0.25, 0.3) is 0 Å². The van der Waals surface area contributed by atoms with Gasteiger partial charge in [0.1, 0.15) is 0 Å². The summed E-state index contributed by atoms with van der Waals surface area (Å²) in [7, 11) is 0. The Labute approximate surface area is 61.6 Å². The first kappa shape index (κ1) is 3.70. The molecule has 2 amide bonds. The van der Waals surface area contributed by atoms with Crippen molar-refractivity contribution in [3.63, 3.8) is 0 Å². The first-order valence-electron chi connectivity index (χ1n) is 3.93. The largest absolute Gasteiger partial charge is 0.350 e. The predicted molar refractivity (Wildman–Crippen MR) is 34.8 cm³/mol. The van der Waals surface area contributed by atoms with E-state index in [4.69, 9.17) is 9.85 Å². The van der Waals surface area contributed by atoms with E-state index in [9.17, 15) is 9.70 Å². The summed E-state index contributed by atoms with van der Waals surface area (Å²) in [5.74, 6) is 0. The van der Waals surface area contributed by atoms with Crippen LogP contribution in [0.5, 0.6) is 0 Å². The lowest BCUT2D eigenvalue weighted by molar-refractivity contribution is 0.208. The zero-order chi connectivity index (χ0) is 10.4. The number of nitroso groups, excluding NO2 is 1. The van der Waals surface area contributed by atoms with Crippen LogP contribution < -0.4 is 5.73 Å². The van der Waals surface area contributed by atoms with E-state index in [-0.39, 0.29) is 10.6 Å². The highest BCUT2D eigenvalue weighted by Crippen LogP contribution is 2.32. The van der Waals surface area contributed by atoms with E-state index in [0.717, 1.165) is 0 Å². The van der Waals surface area contributed by atoms with Crippen molar-refractivity contribution in [2.24, 2.45) is 11.0 Å². The summed E-state index contributed by atoms with van der Waals surface area (Å²) in [5.41, 5.74) is 4.51. The summed E-state index contributed by atoms with van der Waals surface area (Å²) in [5, 5.41) is 2.22. The van der Waals surface area contributed by atoms with Gasteiger partial charge >= 0.3 is 6.03 Å². The van der Waals surface area contributed by atoms with Gasteiger partial charge in [-0.15, -0.1) is 4.91 Å². The van der Waals surface area contributed by atoms with Crippen LogP contribution in [0.15, 0.2) is 17.4 Å². The second kappa shape index (κ2) is 2.09. The number of hydrogen-bond donors (Lipinski definition) is 1. The van der Waals surface area contributed by atoms with E-state index in [1.54, 1.807) is 0 Å². The molecule has 1 atom stereocenters. The Balaban J connectivity index is 3.03. The van der Waals surface area contributed by atoms with Gasteiger partial charge in [0, 0.05) is 2.74 Å². The van der Waals surface area contributed by atoms with Crippen LogP contribution in [0.3, 0.4) is 0 Å². The molecule has 1 rings (SSSR count). The highest BCUT2D eigenvalue weighted by molar-refractivity contribution is 5.73. The van der Waals surface area contributed by atoms with Gasteiger partial charge < -0.3 is 5.73 Å². The van der Waals surface area contributed by atoms with Crippen LogP contribution in [0, 0.1) is 4.91 Å². The minimum absolute atomic E-state index is 0.0370. The van der Waals surface area contributed by atoms with Crippen molar-refractivity contribution >= 4 is 6.03 Å². The first-order valence-corrected chi connectivity index (χ1v) is 2.43. The third-order valence-electron chi connectivity index (χ3n) is 0.995. The minimum Gasteiger partial charge on any atom is -0.350 e. The van der Waals surface area contributed by atoms with E-state index in [1.165, 1.54) is 0 Å². The molecule has 0 bridgehead atoms. The predicted octanol–water partition coefficient (Wildman–Crippen LogP) is 0.377. The Morgan fingerprint density at radius 1 is 2.20 bits per heavy atom. The quantitative estimate of drug-likeness (QED) is 0.345. The van der Waals surface area contributed by atoms with Crippen LogP contribution in [-0.4, -0.2) is 17.1 Å². The molecule has 5 heteroatoms. The Morgan fingerprint density at radius 3 is 2.80 bits per heavy atom. The van der Waals surface area contributed by atoms with Crippen LogP contribution in [0.4, 0.5) is 4.79 Å². The number of carbonyl (C=O) groups excluding carboxylic acids is 1. The summed E-state index contributed by atoms with van der Waals surface area (Å²) in [6.45, 7) is 3.21. The zero-order valence-electron chi connectivity index (χ0n) is 8.00. The molecule has 1 saturated carbocycles. The summed E-state index contributed by atoms with van der Waals surface area (Å²) < 4.78 is 21.7. The number of nitrogens with zero attached hydrogens (tertiary/aromatic N) is 2. The molecule has 0 spiro atoms. The van der Waals surface area contributed by atoms with Gasteiger partial charge in [0.05, 0.1) is 12.7 Å². The van der Waals surface area contributed by atoms with Crippen LogP contribution in [0.2, 0.25) is 0 Å². The molecule has 0 aromatic carbocycles. The Bertz CT molecular complexity index is 305. The van der Waals surface area contributed by atoms with E-state index in [0.29, 0.717) is 0 Å². The van der Waals surface area contributed by atoms with Crippen molar-refractivity contribution < 1.29 is 8.91 Å². The second-order valence-corrected chi connectivity index (χ2v) is 1.68. The van der Waals surface area contributed by atoms with E-state index >= 15 is 0 Å². The summed E-state index contributed by atoms with van der Waals surface area (Å²) in [6.07, 6.45) is -2.13. The molecule has 0 saturated heterocycles. The van der Waals surface area contributed by atoms with Gasteiger partial charge in [-0.2, -0.15) is 5.01 Å². The molecular weight excluding hydrogens is 134 g/mol. The van der Waals surface area contributed by atoms with Gasteiger partial charge in [0.15, 0.2) is 0 Å². The van der Waals surface area contributed by atoms with E-state index in [1.807, 2.05) is 0 Å². The van der Waals surface area contributed by atoms with E-state index < -0.39 is 18.4 Å². The maximum atomic E-state index is 10.6. The molecule has 0 heterocycles. The lowest BCUT2D eigenvalue weighted by Gasteiger charge is -2.05. The maximum absolute atomic E-state index is 10.6. The number of rotatable bonds is 2. The first-order chi connectivity index (χ1) is 5.80. The number of hydrogen-bond acceptors (Lipinski definition) is 3. The molecule has 5 nitrogen and oxygen atoms in total. The minimum atomic E-state index is -2.14. The molecule has 1 aliphatic carbocycles. The number of primary amides is 1. The molecule has 10 heavy (non-hydrogen) atoms. The van der Waals surface area contributed by atoms with Gasteiger partial charge in [-0.3, -0.25) is 0 Å². The fourth-order valence-electron chi connectivity index (χ4n) is 0.484. The highest BCUT2D eigenvalue weighted by atomic mass is 16.3. The van der Waals surface area contributed by atoms with Gasteiger partial charge in [0.2, 0.25) is 0 Å². The molecule has 54 valence electrons. The molecule has 1 aliphatic rings. The average molecular weight is 144 g/mol. The Hall–Kier alpha value is -1.39. The molecule has 0 radical (unpaired) electrons. The summed E-state index contributed by atoms with van der Waals surface area (Å²) in [6, 6.07) is -3.41. The summed E-state index contributed by atoms with van der Waals surface area (Å²) in [4.78, 5) is 20.7. The molecule has 1 unspecified atom stereocenters. The maximum Gasteiger partial charge on any atom is 0.338 e. The van der Waals surface area contributed by atoms with Gasteiger partial charge in [-0.25, -0.2) is 4.79 Å². The van der Waals surface area contributed by atoms with Crippen LogP contribution in [0.1, 0.15) is 10.5 Å². The van der Waals surface area contributed by atoms with Gasteiger partial charge in [-0.1, -0.05) is 6.58 Å². The SMILES string of the molecule is [2H]C1([2H])C(=C)C1([2H])N(N=O)C(N)=O. The van der Waals surface area contributed by atoms with Crippen LogP contribution in [0.25, 0.3) is 0 Å². The Morgan fingerprint density at radius 2 is 2.70 bits per heavy atom. The second-order valence-electron chi connectivity index (χ2n) is 1.68. The molecule has 1 fully saturated rings. The molecular formula is C5H7N3O2. The van der Waals surface area contributed by atoms with Crippen molar-refractivity contribution in [3.8, 4) is 0 Å². The third-order valence-corrected chi connectivity index (χ3v) is 0.995. The topological polar surface area (TPSA) is 75.8 Å². The number of amides is 2.